The number of ether oxygens (including phenoxy) is 1. The number of anilines is 2. The number of nitrogens with one attached hydrogen (secondary N) is 1. The standard InChI is InChI=1S/C21H17FN2O4S/c1-27-10-8-24-17-6-5-14(23-20(25)13-7-9-28-12-13)11-18(17)29-19-15(21(24)26)3-2-4-16(19)22/h2-7,9,11-12H,8,10H2,1H3,(H,23,25). The maximum atomic E-state index is 14.5. The number of hydrogen-bond acceptors (Lipinski definition) is 5. The highest BCUT2D eigenvalue weighted by atomic mass is 32.2. The number of benzene rings is 2. The minimum Gasteiger partial charge on any atom is -0.472 e. The molecule has 0 spiro atoms. The first kappa shape index (κ1) is 19.2. The Balaban J connectivity index is 1.74. The molecular formula is C21H17FN2O4S. The normalized spacial score (nSPS) is 12.9. The lowest BCUT2D eigenvalue weighted by atomic mass is 10.1. The lowest BCUT2D eigenvalue weighted by Crippen LogP contribution is -2.34. The van der Waals surface area contributed by atoms with E-state index in [0.717, 1.165) is 11.8 Å². The average molecular weight is 412 g/mol. The highest BCUT2D eigenvalue weighted by Crippen LogP contribution is 2.43. The summed E-state index contributed by atoms with van der Waals surface area (Å²) in [5.74, 6) is -1.08. The van der Waals surface area contributed by atoms with Crippen molar-refractivity contribution in [1.29, 1.82) is 0 Å². The lowest BCUT2D eigenvalue weighted by Gasteiger charge is -2.23. The number of amides is 2. The van der Waals surface area contributed by atoms with E-state index in [4.69, 9.17) is 9.15 Å². The summed E-state index contributed by atoms with van der Waals surface area (Å²) in [5, 5.41) is 2.79. The van der Waals surface area contributed by atoms with Crippen LogP contribution >= 0.6 is 11.8 Å². The van der Waals surface area contributed by atoms with E-state index < -0.39 is 5.82 Å². The molecule has 1 aromatic heterocycles. The van der Waals surface area contributed by atoms with E-state index in [-0.39, 0.29) is 16.7 Å². The fourth-order valence-electron chi connectivity index (χ4n) is 3.04. The Hall–Kier alpha value is -3.10. The van der Waals surface area contributed by atoms with Crippen molar-refractivity contribution in [3.8, 4) is 0 Å². The van der Waals surface area contributed by atoms with Gasteiger partial charge in [0.2, 0.25) is 0 Å². The third-order valence-corrected chi connectivity index (χ3v) is 5.63. The highest BCUT2D eigenvalue weighted by molar-refractivity contribution is 7.99. The Labute approximate surface area is 170 Å². The minimum atomic E-state index is -0.465. The lowest BCUT2D eigenvalue weighted by molar-refractivity contribution is 0.0971. The van der Waals surface area contributed by atoms with Gasteiger partial charge in [-0.1, -0.05) is 17.8 Å². The number of halogens is 1. The van der Waals surface area contributed by atoms with Crippen LogP contribution in [0.25, 0.3) is 0 Å². The maximum Gasteiger partial charge on any atom is 0.259 e. The van der Waals surface area contributed by atoms with Gasteiger partial charge in [0.25, 0.3) is 11.8 Å². The van der Waals surface area contributed by atoms with Crippen molar-refractivity contribution in [2.24, 2.45) is 0 Å². The Morgan fingerprint density at radius 3 is 2.90 bits per heavy atom. The summed E-state index contributed by atoms with van der Waals surface area (Å²) >= 11 is 1.16. The van der Waals surface area contributed by atoms with Gasteiger partial charge in [-0.05, 0) is 36.4 Å². The van der Waals surface area contributed by atoms with Crippen molar-refractivity contribution in [1.82, 2.24) is 0 Å². The topological polar surface area (TPSA) is 71.8 Å². The molecule has 0 fully saturated rings. The van der Waals surface area contributed by atoms with Crippen LogP contribution < -0.4 is 10.2 Å². The van der Waals surface area contributed by atoms with Gasteiger partial charge in [0.1, 0.15) is 12.1 Å². The van der Waals surface area contributed by atoms with Crippen LogP contribution in [0.3, 0.4) is 0 Å². The molecule has 29 heavy (non-hydrogen) atoms. The first-order chi connectivity index (χ1) is 14.1. The predicted molar refractivity (Wildman–Crippen MR) is 107 cm³/mol. The summed E-state index contributed by atoms with van der Waals surface area (Å²) in [6.07, 6.45) is 2.77. The molecule has 0 atom stereocenters. The van der Waals surface area contributed by atoms with Gasteiger partial charge in [-0.15, -0.1) is 0 Å². The van der Waals surface area contributed by atoms with Gasteiger partial charge in [0.05, 0.1) is 34.6 Å². The van der Waals surface area contributed by atoms with Crippen LogP contribution in [0.5, 0.6) is 0 Å². The molecule has 0 aliphatic carbocycles. The van der Waals surface area contributed by atoms with Crippen molar-refractivity contribution in [3.05, 3.63) is 71.9 Å². The zero-order valence-corrected chi connectivity index (χ0v) is 16.3. The second-order valence-electron chi connectivity index (χ2n) is 6.32. The fourth-order valence-corrected chi connectivity index (χ4v) is 4.16. The Kier molecular flexibility index (Phi) is 5.37. The smallest absolute Gasteiger partial charge is 0.259 e. The molecule has 2 aromatic carbocycles. The number of nitrogens with zero attached hydrogens (tertiary/aromatic N) is 1. The summed E-state index contributed by atoms with van der Waals surface area (Å²) in [4.78, 5) is 27.9. The van der Waals surface area contributed by atoms with Crippen molar-refractivity contribution >= 4 is 35.0 Å². The second-order valence-corrected chi connectivity index (χ2v) is 7.37. The quantitative estimate of drug-likeness (QED) is 0.671. The van der Waals surface area contributed by atoms with Gasteiger partial charge < -0.3 is 19.4 Å². The number of hydrogen-bond donors (Lipinski definition) is 1. The minimum absolute atomic E-state index is 0.261. The van der Waals surface area contributed by atoms with Gasteiger partial charge in [0.15, 0.2) is 0 Å². The van der Waals surface area contributed by atoms with Crippen LogP contribution in [-0.2, 0) is 4.74 Å². The maximum absolute atomic E-state index is 14.5. The molecule has 1 aliphatic heterocycles. The van der Waals surface area contributed by atoms with Gasteiger partial charge in [0, 0.05) is 24.2 Å². The number of fused-ring (bicyclic) bond motifs is 2. The molecule has 0 radical (unpaired) electrons. The summed E-state index contributed by atoms with van der Waals surface area (Å²) in [6.45, 7) is 0.652. The molecule has 4 rings (SSSR count). The van der Waals surface area contributed by atoms with Crippen LogP contribution in [-0.4, -0.2) is 32.1 Å². The molecule has 6 nitrogen and oxygen atoms in total. The highest BCUT2D eigenvalue weighted by Gasteiger charge is 2.29. The Bertz CT molecular complexity index is 1070. The van der Waals surface area contributed by atoms with E-state index >= 15 is 0 Å². The Morgan fingerprint density at radius 2 is 2.14 bits per heavy atom. The molecule has 148 valence electrons. The SMILES string of the molecule is COCCN1C(=O)c2cccc(F)c2Sc2cc(NC(=O)c3ccoc3)ccc21. The average Bonchev–Trinajstić information content (AvgIpc) is 3.22. The van der Waals surface area contributed by atoms with E-state index in [2.05, 4.69) is 5.32 Å². The molecule has 0 unspecified atom stereocenters. The monoisotopic (exact) mass is 412 g/mol. The molecule has 8 heteroatoms. The molecule has 3 aromatic rings. The molecule has 2 heterocycles. The molecular weight excluding hydrogens is 395 g/mol. The zero-order valence-electron chi connectivity index (χ0n) is 15.5. The second kappa shape index (κ2) is 8.10. The summed E-state index contributed by atoms with van der Waals surface area (Å²) in [7, 11) is 1.56. The summed E-state index contributed by atoms with van der Waals surface area (Å²) in [6, 6.07) is 11.2. The van der Waals surface area contributed by atoms with Crippen molar-refractivity contribution in [2.45, 2.75) is 9.79 Å². The number of carbonyl (C=O) groups excluding carboxylic acids is 2. The molecule has 1 N–H and O–H groups in total. The number of carbonyl (C=O) groups is 2. The number of rotatable bonds is 5. The summed E-state index contributed by atoms with van der Waals surface area (Å²) < 4.78 is 24.6. The third-order valence-electron chi connectivity index (χ3n) is 4.47. The van der Waals surface area contributed by atoms with E-state index in [0.29, 0.717) is 40.5 Å². The largest absolute Gasteiger partial charge is 0.472 e. The molecule has 0 saturated heterocycles. The Morgan fingerprint density at radius 1 is 1.28 bits per heavy atom. The van der Waals surface area contributed by atoms with Gasteiger partial charge in [-0.3, -0.25) is 9.59 Å². The fraction of sp³-hybridized carbons (Fsp3) is 0.143. The van der Waals surface area contributed by atoms with Crippen molar-refractivity contribution in [3.63, 3.8) is 0 Å². The van der Waals surface area contributed by atoms with Gasteiger partial charge >= 0.3 is 0 Å². The first-order valence-corrected chi connectivity index (χ1v) is 9.65. The molecule has 0 bridgehead atoms. The number of methoxy groups -OCH3 is 1. The van der Waals surface area contributed by atoms with Crippen molar-refractivity contribution < 1.29 is 23.1 Å². The van der Waals surface area contributed by atoms with Crippen LogP contribution in [0, 0.1) is 5.82 Å². The van der Waals surface area contributed by atoms with E-state index in [9.17, 15) is 14.0 Å². The van der Waals surface area contributed by atoms with Crippen LogP contribution in [0.1, 0.15) is 20.7 Å². The molecule has 1 aliphatic rings. The summed E-state index contributed by atoms with van der Waals surface area (Å²) in [5.41, 5.74) is 1.85. The van der Waals surface area contributed by atoms with Gasteiger partial charge in [-0.25, -0.2) is 4.39 Å². The van der Waals surface area contributed by atoms with Crippen LogP contribution in [0.2, 0.25) is 0 Å². The van der Waals surface area contributed by atoms with Crippen molar-refractivity contribution in [2.75, 3.05) is 30.5 Å². The third kappa shape index (κ3) is 3.76. The number of furan rings is 1. The van der Waals surface area contributed by atoms with E-state index in [1.165, 1.54) is 24.7 Å². The molecule has 0 saturated carbocycles. The van der Waals surface area contributed by atoms with Crippen LogP contribution in [0.4, 0.5) is 15.8 Å². The van der Waals surface area contributed by atoms with Crippen LogP contribution in [0.15, 0.2) is 69.2 Å². The first-order valence-electron chi connectivity index (χ1n) is 8.83. The van der Waals surface area contributed by atoms with E-state index in [1.54, 1.807) is 42.3 Å². The van der Waals surface area contributed by atoms with E-state index in [1.807, 2.05) is 0 Å². The molecule has 2 amide bonds. The zero-order chi connectivity index (χ0) is 20.4. The van der Waals surface area contributed by atoms with Gasteiger partial charge in [-0.2, -0.15) is 0 Å². The predicted octanol–water partition coefficient (Wildman–Crippen LogP) is 4.43.